The highest BCUT2D eigenvalue weighted by Gasteiger charge is 2.03. The Kier molecular flexibility index (Phi) is 3.09. The van der Waals surface area contributed by atoms with Gasteiger partial charge in [-0.05, 0) is 22.9 Å². The van der Waals surface area contributed by atoms with Crippen LogP contribution in [0, 0.1) is 6.92 Å². The number of nitrogens with one attached hydrogen (secondary N) is 1. The number of nitrogens with zero attached hydrogens (tertiary/aromatic N) is 3. The van der Waals surface area contributed by atoms with Crippen molar-refractivity contribution in [2.75, 3.05) is 5.32 Å². The van der Waals surface area contributed by atoms with Crippen molar-refractivity contribution < 1.29 is 0 Å². The van der Waals surface area contributed by atoms with Crippen LogP contribution >= 0.6 is 38.6 Å². The molecule has 0 saturated heterocycles. The number of hydrogen-bond donors (Lipinski definition) is 1. The van der Waals surface area contributed by atoms with Crippen molar-refractivity contribution in [2.24, 2.45) is 0 Å². The summed E-state index contributed by atoms with van der Waals surface area (Å²) in [5, 5.41) is 11.8. The van der Waals surface area contributed by atoms with Crippen LogP contribution in [0.4, 0.5) is 5.13 Å². The minimum atomic E-state index is 0.762. The molecule has 7 heteroatoms. The van der Waals surface area contributed by atoms with Gasteiger partial charge in [0.15, 0.2) is 3.92 Å². The van der Waals surface area contributed by atoms with Gasteiger partial charge in [-0.25, -0.2) is 4.98 Å². The van der Waals surface area contributed by atoms with Gasteiger partial charge in [-0.3, -0.25) is 0 Å². The van der Waals surface area contributed by atoms with Crippen molar-refractivity contribution in [3.8, 4) is 0 Å². The molecule has 0 radical (unpaired) electrons. The molecule has 0 saturated carbocycles. The molecule has 0 aliphatic heterocycles. The Balaban J connectivity index is 1.98. The summed E-state index contributed by atoms with van der Waals surface area (Å²) in [6, 6.07) is 0. The van der Waals surface area contributed by atoms with Crippen LogP contribution in [-0.2, 0) is 6.54 Å². The van der Waals surface area contributed by atoms with Gasteiger partial charge in [-0.2, -0.15) is 0 Å². The van der Waals surface area contributed by atoms with Crippen LogP contribution in [0.2, 0.25) is 0 Å². The van der Waals surface area contributed by atoms with Crippen LogP contribution in [0.15, 0.2) is 9.43 Å². The highest BCUT2D eigenvalue weighted by atomic mass is 79.9. The van der Waals surface area contributed by atoms with Crippen molar-refractivity contribution in [1.82, 2.24) is 15.2 Å². The smallest absolute Gasteiger partial charge is 0.206 e. The Hall–Kier alpha value is -0.530. The molecule has 1 N–H and O–H groups in total. The van der Waals surface area contributed by atoms with Crippen LogP contribution < -0.4 is 5.32 Å². The lowest BCUT2D eigenvalue weighted by atomic mass is 10.4. The summed E-state index contributed by atoms with van der Waals surface area (Å²) in [5.74, 6) is 0. The topological polar surface area (TPSA) is 50.7 Å². The van der Waals surface area contributed by atoms with Crippen molar-refractivity contribution in [3.05, 3.63) is 20.0 Å². The summed E-state index contributed by atoms with van der Waals surface area (Å²) in [4.78, 5) is 5.40. The first-order valence-electron chi connectivity index (χ1n) is 3.87. The van der Waals surface area contributed by atoms with Gasteiger partial charge in [0, 0.05) is 4.88 Å². The first-order valence-corrected chi connectivity index (χ1v) is 6.36. The lowest BCUT2D eigenvalue weighted by molar-refractivity contribution is 1.04. The summed E-state index contributed by atoms with van der Waals surface area (Å²) in [7, 11) is 0. The summed E-state index contributed by atoms with van der Waals surface area (Å²) in [5.41, 5.74) is 2.92. The van der Waals surface area contributed by atoms with Gasteiger partial charge in [0.25, 0.3) is 0 Å². The molecule has 2 aromatic heterocycles. The number of anilines is 1. The van der Waals surface area contributed by atoms with Gasteiger partial charge in [-0.1, -0.05) is 11.3 Å². The number of rotatable bonds is 3. The zero-order valence-corrected chi connectivity index (χ0v) is 10.5. The lowest BCUT2D eigenvalue weighted by Gasteiger charge is -1.98. The largest absolute Gasteiger partial charge is 0.355 e. The fraction of sp³-hybridized carbons (Fsp3) is 0.286. The van der Waals surface area contributed by atoms with Gasteiger partial charge in [0.1, 0.15) is 0 Å². The fourth-order valence-corrected chi connectivity index (χ4v) is 2.65. The van der Waals surface area contributed by atoms with Crippen molar-refractivity contribution in [1.29, 1.82) is 0 Å². The van der Waals surface area contributed by atoms with Crippen LogP contribution in [0.1, 0.15) is 10.6 Å². The second kappa shape index (κ2) is 4.33. The Labute approximate surface area is 97.5 Å². The first-order chi connectivity index (χ1) is 6.75. The molecule has 0 fully saturated rings. The molecule has 0 unspecified atom stereocenters. The molecular formula is C7H7BrN4S2. The average molecular weight is 291 g/mol. The van der Waals surface area contributed by atoms with E-state index in [0.29, 0.717) is 0 Å². The number of thiazole rings is 1. The standard InChI is InChI=1S/C7H7BrN4S2/c1-4-5(13-3-10-4)2-9-7-12-11-6(8)14-7/h3H,2H2,1H3,(H,9,12). The Morgan fingerprint density at radius 1 is 1.50 bits per heavy atom. The second-order valence-corrected chi connectivity index (χ2v) is 5.77. The summed E-state index contributed by atoms with van der Waals surface area (Å²) in [6.45, 7) is 2.77. The zero-order valence-electron chi connectivity index (χ0n) is 7.32. The molecule has 0 atom stereocenters. The Bertz CT molecular complexity index is 425. The van der Waals surface area contributed by atoms with Crippen LogP contribution in [0.25, 0.3) is 0 Å². The molecule has 0 aliphatic rings. The van der Waals surface area contributed by atoms with Crippen LogP contribution in [0.3, 0.4) is 0 Å². The maximum atomic E-state index is 4.17. The Morgan fingerprint density at radius 2 is 2.36 bits per heavy atom. The quantitative estimate of drug-likeness (QED) is 0.944. The molecular weight excluding hydrogens is 284 g/mol. The minimum Gasteiger partial charge on any atom is -0.355 e. The van der Waals surface area contributed by atoms with Gasteiger partial charge in [-0.15, -0.1) is 21.5 Å². The molecule has 74 valence electrons. The number of aromatic nitrogens is 3. The lowest BCUT2D eigenvalue weighted by Crippen LogP contribution is -1.98. The molecule has 2 rings (SSSR count). The minimum absolute atomic E-state index is 0.762. The normalized spacial score (nSPS) is 10.4. The number of hydrogen-bond acceptors (Lipinski definition) is 6. The fourth-order valence-electron chi connectivity index (χ4n) is 0.929. The molecule has 0 bridgehead atoms. The van der Waals surface area contributed by atoms with E-state index >= 15 is 0 Å². The van der Waals surface area contributed by atoms with E-state index in [1.54, 1.807) is 11.3 Å². The molecule has 14 heavy (non-hydrogen) atoms. The van der Waals surface area contributed by atoms with Crippen LogP contribution in [0.5, 0.6) is 0 Å². The monoisotopic (exact) mass is 290 g/mol. The third kappa shape index (κ3) is 2.28. The molecule has 0 aromatic carbocycles. The summed E-state index contributed by atoms with van der Waals surface area (Å²) >= 11 is 6.39. The molecule has 4 nitrogen and oxygen atoms in total. The third-order valence-electron chi connectivity index (χ3n) is 1.65. The van der Waals surface area contributed by atoms with E-state index in [-0.39, 0.29) is 0 Å². The van der Waals surface area contributed by atoms with Gasteiger partial charge < -0.3 is 5.32 Å². The van der Waals surface area contributed by atoms with Crippen molar-refractivity contribution in [3.63, 3.8) is 0 Å². The third-order valence-corrected chi connectivity index (χ3v) is 3.89. The molecule has 0 aliphatic carbocycles. The summed E-state index contributed by atoms with van der Waals surface area (Å²) in [6.07, 6.45) is 0. The highest BCUT2D eigenvalue weighted by Crippen LogP contribution is 2.21. The van der Waals surface area contributed by atoms with E-state index in [4.69, 9.17) is 0 Å². The van der Waals surface area contributed by atoms with Crippen LogP contribution in [-0.4, -0.2) is 15.2 Å². The van der Waals surface area contributed by atoms with Crippen molar-refractivity contribution in [2.45, 2.75) is 13.5 Å². The van der Waals surface area contributed by atoms with Gasteiger partial charge in [0.05, 0.1) is 17.7 Å². The predicted octanol–water partition coefficient (Wildman–Crippen LogP) is 2.68. The maximum absolute atomic E-state index is 4.17. The Morgan fingerprint density at radius 3 is 2.93 bits per heavy atom. The van der Waals surface area contributed by atoms with Crippen molar-refractivity contribution >= 4 is 43.7 Å². The summed E-state index contributed by atoms with van der Waals surface area (Å²) < 4.78 is 0.793. The molecule has 2 heterocycles. The second-order valence-electron chi connectivity index (χ2n) is 2.57. The van der Waals surface area contributed by atoms with Gasteiger partial charge in [0.2, 0.25) is 5.13 Å². The van der Waals surface area contributed by atoms with E-state index in [1.807, 2.05) is 12.4 Å². The zero-order chi connectivity index (χ0) is 9.97. The first kappa shape index (κ1) is 10.0. The van der Waals surface area contributed by atoms with E-state index < -0.39 is 0 Å². The maximum Gasteiger partial charge on any atom is 0.206 e. The highest BCUT2D eigenvalue weighted by molar-refractivity contribution is 9.11. The number of halogens is 1. The number of aryl methyl sites for hydroxylation is 1. The van der Waals surface area contributed by atoms with E-state index in [2.05, 4.69) is 36.4 Å². The van der Waals surface area contributed by atoms with E-state index in [0.717, 1.165) is 21.3 Å². The van der Waals surface area contributed by atoms with Gasteiger partial charge >= 0.3 is 0 Å². The van der Waals surface area contributed by atoms with E-state index in [9.17, 15) is 0 Å². The average Bonchev–Trinajstić information content (AvgIpc) is 2.72. The molecule has 2 aromatic rings. The van der Waals surface area contributed by atoms with E-state index in [1.165, 1.54) is 16.2 Å². The SMILES string of the molecule is Cc1ncsc1CNc1nnc(Br)s1. The predicted molar refractivity (Wildman–Crippen MR) is 61.8 cm³/mol. The molecule has 0 amide bonds. The molecule has 0 spiro atoms.